The summed E-state index contributed by atoms with van der Waals surface area (Å²) in [6, 6.07) is 6.97. The first-order chi connectivity index (χ1) is 9.78. The molecule has 0 fully saturated rings. The van der Waals surface area contributed by atoms with Crippen LogP contribution >= 0.6 is 0 Å². The molecule has 6 heteroatoms. The minimum Gasteiger partial charge on any atom is -0.506 e. The highest BCUT2D eigenvalue weighted by Gasteiger charge is 2.18. The van der Waals surface area contributed by atoms with Gasteiger partial charge in [0.05, 0.1) is 18.5 Å². The number of para-hydroxylation sites is 2. The summed E-state index contributed by atoms with van der Waals surface area (Å²) in [7, 11) is 1.61. The number of benzene rings is 1. The largest absolute Gasteiger partial charge is 0.506 e. The van der Waals surface area contributed by atoms with Gasteiger partial charge in [0.2, 0.25) is 11.8 Å². The number of phenols is 1. The van der Waals surface area contributed by atoms with E-state index in [-0.39, 0.29) is 5.75 Å². The molecule has 0 atom stereocenters. The normalized spacial score (nSPS) is 13.7. The quantitative estimate of drug-likeness (QED) is 0.736. The van der Waals surface area contributed by atoms with E-state index in [1.165, 1.54) is 0 Å². The summed E-state index contributed by atoms with van der Waals surface area (Å²) >= 11 is 0. The molecule has 1 aromatic heterocycles. The number of hydrogen-bond donors (Lipinski definition) is 3. The predicted molar refractivity (Wildman–Crippen MR) is 75.4 cm³/mol. The van der Waals surface area contributed by atoms with Gasteiger partial charge in [0.1, 0.15) is 5.75 Å². The number of ether oxygens (including phenoxy) is 1. The number of hydrogen-bond acceptors (Lipinski definition) is 6. The van der Waals surface area contributed by atoms with Crippen LogP contribution in [-0.2, 0) is 13.0 Å². The topological polar surface area (TPSA) is 79.3 Å². The van der Waals surface area contributed by atoms with Crippen LogP contribution in [0.5, 0.6) is 11.6 Å². The highest BCUT2D eigenvalue weighted by Crippen LogP contribution is 2.28. The number of aromatic hydroxyl groups is 1. The van der Waals surface area contributed by atoms with Crippen molar-refractivity contribution in [2.24, 2.45) is 0 Å². The van der Waals surface area contributed by atoms with Gasteiger partial charge in [-0.25, -0.2) is 4.98 Å². The Morgan fingerprint density at radius 2 is 2.15 bits per heavy atom. The molecule has 1 aromatic carbocycles. The second kappa shape index (κ2) is 5.34. The van der Waals surface area contributed by atoms with E-state index in [1.54, 1.807) is 25.3 Å². The van der Waals surface area contributed by atoms with Crippen molar-refractivity contribution >= 4 is 11.6 Å². The maximum atomic E-state index is 9.78. The van der Waals surface area contributed by atoms with E-state index in [4.69, 9.17) is 4.74 Å². The zero-order valence-corrected chi connectivity index (χ0v) is 11.2. The van der Waals surface area contributed by atoms with Crippen molar-refractivity contribution in [1.82, 2.24) is 15.3 Å². The monoisotopic (exact) mass is 272 g/mol. The van der Waals surface area contributed by atoms with Crippen LogP contribution in [-0.4, -0.2) is 28.7 Å². The Kier molecular flexibility index (Phi) is 3.39. The van der Waals surface area contributed by atoms with Gasteiger partial charge in [0, 0.05) is 12.1 Å². The number of nitrogens with zero attached hydrogens (tertiary/aromatic N) is 2. The van der Waals surface area contributed by atoms with Crippen LogP contribution in [0.15, 0.2) is 24.3 Å². The van der Waals surface area contributed by atoms with Crippen LogP contribution < -0.4 is 15.4 Å². The van der Waals surface area contributed by atoms with Gasteiger partial charge < -0.3 is 20.5 Å². The predicted octanol–water partition coefficient (Wildman–Crippen LogP) is 1.58. The van der Waals surface area contributed by atoms with Gasteiger partial charge >= 0.3 is 0 Å². The maximum Gasteiger partial charge on any atom is 0.230 e. The maximum absolute atomic E-state index is 9.78. The fourth-order valence-corrected chi connectivity index (χ4v) is 2.25. The molecule has 0 saturated carbocycles. The van der Waals surface area contributed by atoms with Crippen LogP contribution in [0.25, 0.3) is 0 Å². The standard InChI is InChI=1S/C14H16N4O2/c1-20-13-9-6-7-15-8-11(9)17-14(18-13)16-10-4-2-3-5-12(10)19/h2-5,15,19H,6-8H2,1H3,(H,16,17,18). The lowest BCUT2D eigenvalue weighted by molar-refractivity contribution is 0.387. The van der Waals surface area contributed by atoms with E-state index in [0.717, 1.165) is 24.2 Å². The summed E-state index contributed by atoms with van der Waals surface area (Å²) < 4.78 is 5.34. The molecule has 3 rings (SSSR count). The Balaban J connectivity index is 1.96. The van der Waals surface area contributed by atoms with Crippen LogP contribution in [0.4, 0.5) is 11.6 Å². The van der Waals surface area contributed by atoms with Gasteiger partial charge in [-0.2, -0.15) is 4.98 Å². The Labute approximate surface area is 116 Å². The van der Waals surface area contributed by atoms with Crippen molar-refractivity contribution < 1.29 is 9.84 Å². The Morgan fingerprint density at radius 3 is 2.95 bits per heavy atom. The molecule has 0 spiro atoms. The van der Waals surface area contributed by atoms with E-state index in [0.29, 0.717) is 24.1 Å². The molecule has 104 valence electrons. The van der Waals surface area contributed by atoms with Crippen LogP contribution in [0.3, 0.4) is 0 Å². The van der Waals surface area contributed by atoms with E-state index in [1.807, 2.05) is 6.07 Å². The third-order valence-electron chi connectivity index (χ3n) is 3.24. The van der Waals surface area contributed by atoms with Crippen molar-refractivity contribution in [1.29, 1.82) is 0 Å². The molecule has 2 heterocycles. The Hall–Kier alpha value is -2.34. The van der Waals surface area contributed by atoms with Crippen LogP contribution in [0.1, 0.15) is 11.3 Å². The van der Waals surface area contributed by atoms with Crippen molar-refractivity contribution in [3.63, 3.8) is 0 Å². The lowest BCUT2D eigenvalue weighted by Gasteiger charge is -2.19. The molecular weight excluding hydrogens is 256 g/mol. The SMILES string of the molecule is COc1nc(Nc2ccccc2O)nc2c1CCNC2. The average molecular weight is 272 g/mol. The fourth-order valence-electron chi connectivity index (χ4n) is 2.25. The molecule has 0 saturated heterocycles. The van der Waals surface area contributed by atoms with E-state index < -0.39 is 0 Å². The molecule has 0 amide bonds. The number of rotatable bonds is 3. The molecule has 0 bridgehead atoms. The second-order valence-electron chi connectivity index (χ2n) is 4.55. The minimum absolute atomic E-state index is 0.158. The number of anilines is 2. The number of aromatic nitrogens is 2. The molecule has 6 nitrogen and oxygen atoms in total. The highest BCUT2D eigenvalue weighted by molar-refractivity contribution is 5.62. The van der Waals surface area contributed by atoms with Crippen molar-refractivity contribution in [3.05, 3.63) is 35.5 Å². The Bertz CT molecular complexity index is 613. The van der Waals surface area contributed by atoms with Crippen molar-refractivity contribution in [2.45, 2.75) is 13.0 Å². The number of fused-ring (bicyclic) bond motifs is 1. The van der Waals surface area contributed by atoms with Crippen LogP contribution in [0.2, 0.25) is 0 Å². The molecule has 1 aliphatic rings. The summed E-state index contributed by atoms with van der Waals surface area (Å²) in [6.07, 6.45) is 0.857. The summed E-state index contributed by atoms with van der Waals surface area (Å²) in [4.78, 5) is 8.84. The lowest BCUT2D eigenvalue weighted by atomic mass is 10.1. The van der Waals surface area contributed by atoms with E-state index in [2.05, 4.69) is 20.6 Å². The third kappa shape index (κ3) is 2.37. The van der Waals surface area contributed by atoms with Gasteiger partial charge in [-0.1, -0.05) is 12.1 Å². The van der Waals surface area contributed by atoms with Gasteiger partial charge in [-0.15, -0.1) is 0 Å². The molecule has 0 aliphatic carbocycles. The van der Waals surface area contributed by atoms with Gasteiger partial charge in [-0.05, 0) is 25.1 Å². The zero-order chi connectivity index (χ0) is 13.9. The van der Waals surface area contributed by atoms with Crippen molar-refractivity contribution in [3.8, 4) is 11.6 Å². The molecule has 20 heavy (non-hydrogen) atoms. The second-order valence-corrected chi connectivity index (χ2v) is 4.55. The molecular formula is C14H16N4O2. The first-order valence-corrected chi connectivity index (χ1v) is 6.47. The van der Waals surface area contributed by atoms with Crippen LogP contribution in [0, 0.1) is 0 Å². The first kappa shape index (κ1) is 12.7. The molecule has 1 aliphatic heterocycles. The highest BCUT2D eigenvalue weighted by atomic mass is 16.5. The number of phenolic OH excluding ortho intramolecular Hbond substituents is 1. The summed E-state index contributed by atoms with van der Waals surface area (Å²) in [5.41, 5.74) is 2.55. The smallest absolute Gasteiger partial charge is 0.230 e. The molecule has 0 unspecified atom stereocenters. The summed E-state index contributed by atoms with van der Waals surface area (Å²) in [6.45, 7) is 1.60. The fraction of sp³-hybridized carbons (Fsp3) is 0.286. The number of nitrogens with one attached hydrogen (secondary N) is 2. The summed E-state index contributed by atoms with van der Waals surface area (Å²) in [5.74, 6) is 1.17. The van der Waals surface area contributed by atoms with Gasteiger partial charge in [-0.3, -0.25) is 0 Å². The summed E-state index contributed by atoms with van der Waals surface area (Å²) in [5, 5.41) is 16.1. The minimum atomic E-state index is 0.158. The molecule has 3 N–H and O–H groups in total. The third-order valence-corrected chi connectivity index (χ3v) is 3.24. The van der Waals surface area contributed by atoms with Gasteiger partial charge in [0.15, 0.2) is 0 Å². The average Bonchev–Trinajstić information content (AvgIpc) is 2.49. The zero-order valence-electron chi connectivity index (χ0n) is 11.2. The number of methoxy groups -OCH3 is 1. The molecule has 0 radical (unpaired) electrons. The first-order valence-electron chi connectivity index (χ1n) is 6.47. The van der Waals surface area contributed by atoms with Gasteiger partial charge in [0.25, 0.3) is 0 Å². The van der Waals surface area contributed by atoms with Crippen molar-refractivity contribution in [2.75, 3.05) is 19.0 Å². The lowest BCUT2D eigenvalue weighted by Crippen LogP contribution is -2.26. The van der Waals surface area contributed by atoms with E-state index in [9.17, 15) is 5.11 Å². The Morgan fingerprint density at radius 1 is 1.30 bits per heavy atom. The van der Waals surface area contributed by atoms with E-state index >= 15 is 0 Å². The molecule has 2 aromatic rings.